The zero-order valence-corrected chi connectivity index (χ0v) is 55.1. The summed E-state index contributed by atoms with van der Waals surface area (Å²) in [4.78, 5) is 60.7. The number of carbonyl (C=O) groups is 5. The van der Waals surface area contributed by atoms with Crippen molar-refractivity contribution in [2.45, 2.75) is 199 Å². The Morgan fingerprint density at radius 2 is 1.35 bits per heavy atom. The van der Waals surface area contributed by atoms with Crippen molar-refractivity contribution in [3.8, 4) is 0 Å². The van der Waals surface area contributed by atoms with Gasteiger partial charge in [-0.25, -0.2) is 14.4 Å². The average Bonchev–Trinajstić information content (AvgIpc) is 3.72. The van der Waals surface area contributed by atoms with Gasteiger partial charge in [0.2, 0.25) is 12.8 Å². The first kappa shape index (κ1) is 74.2. The molecule has 1 aliphatic heterocycles. The van der Waals surface area contributed by atoms with Crippen LogP contribution in [0.3, 0.4) is 0 Å². The number of esters is 3. The van der Waals surface area contributed by atoms with E-state index in [1.807, 2.05) is 35.8 Å². The Morgan fingerprint density at radius 1 is 0.812 bits per heavy atom. The summed E-state index contributed by atoms with van der Waals surface area (Å²) < 4.78 is 14.3. The molecule has 0 fully saturated rings. The number of allylic oxidation sites excluding steroid dienone is 1. The number of nitrogens with one attached hydrogen (secondary N) is 2. The van der Waals surface area contributed by atoms with Crippen molar-refractivity contribution in [3.05, 3.63) is 11.3 Å². The van der Waals surface area contributed by atoms with Gasteiger partial charge in [-0.05, 0) is 147 Å². The molecule has 4 atom stereocenters. The average molecular weight is 1260 g/mol. The van der Waals surface area contributed by atoms with Crippen LogP contribution in [0, 0.1) is 0 Å². The van der Waals surface area contributed by atoms with Crippen LogP contribution >= 0.6 is 52.5 Å². The standard InChI is InChI=1S/C14H27NO3S.C14H25NO3.C14H25NO2S.P4S10/c1-4-6-7-8-9-10-14(3,19)12(15-11-16)13(17)18-5-2;1-4-6-7-8-9-10-12(3)13(15-11-16)14(17)18-5-2;1-4-6-7-8-9-10-14(3)12(15-11-18-14)13(16)17-5-2;5-1-4(2-6)3-8-10-12-14-13-11-9-7/h11-12,19H,4-10H2,1-3H3,(H,15,16);11H,4-10H2,1-3H3,(H,15,16);11-12H,4-10H2,1-3H3;/b;13-12+;;. The number of hydrogen-bond acceptors (Lipinski definition) is 14. The maximum Gasteiger partial charge on any atom is 0.354 e. The number of rotatable bonds is 32. The van der Waals surface area contributed by atoms with Gasteiger partial charge in [-0.2, -0.15) is 12.6 Å². The summed E-state index contributed by atoms with van der Waals surface area (Å²) in [6.07, 6.45) is 21.6. The Hall–Kier alpha value is 0.990. The van der Waals surface area contributed by atoms with Crippen molar-refractivity contribution < 1.29 is 38.2 Å². The normalized spacial score (nSPS) is 16.6. The minimum absolute atomic E-state index is 0.0987. The summed E-state index contributed by atoms with van der Waals surface area (Å²) in [5, 5.41) is 4.97. The molecule has 0 aromatic carbocycles. The molecule has 69 heavy (non-hydrogen) atoms. The third kappa shape index (κ3) is 40.9. The van der Waals surface area contributed by atoms with Crippen LogP contribution < -0.4 is 10.6 Å². The molecule has 0 spiro atoms. The van der Waals surface area contributed by atoms with E-state index in [1.165, 1.54) is 86.6 Å². The van der Waals surface area contributed by atoms with Crippen LogP contribution in [0.4, 0.5) is 0 Å². The third-order valence-corrected chi connectivity index (χ3v) is 45.2. The van der Waals surface area contributed by atoms with Gasteiger partial charge in [-0.1, -0.05) is 134 Å². The highest BCUT2D eigenvalue weighted by Gasteiger charge is 2.43. The summed E-state index contributed by atoms with van der Waals surface area (Å²) in [5.41, 5.74) is 2.99. The third-order valence-electron chi connectivity index (χ3n) is 9.75. The second kappa shape index (κ2) is 52.4. The molecular weight excluding hydrogens is 1180 g/mol. The Morgan fingerprint density at radius 3 is 1.87 bits per heavy atom. The molecule has 0 aromatic rings. The highest BCUT2D eigenvalue weighted by Crippen LogP contribution is 2.69. The van der Waals surface area contributed by atoms with Crippen molar-refractivity contribution in [2.24, 2.45) is 4.99 Å². The first-order chi connectivity index (χ1) is 33.1. The van der Waals surface area contributed by atoms with Crippen molar-refractivity contribution in [3.63, 3.8) is 0 Å². The molecule has 27 heteroatoms. The van der Waals surface area contributed by atoms with Crippen LogP contribution in [0.25, 0.3) is 0 Å². The lowest BCUT2D eigenvalue weighted by Gasteiger charge is -2.31. The quantitative estimate of drug-likeness (QED) is 0.0112. The van der Waals surface area contributed by atoms with Crippen molar-refractivity contribution in [1.29, 1.82) is 0 Å². The number of thiol groups is 1. The van der Waals surface area contributed by atoms with E-state index in [4.69, 9.17) is 49.0 Å². The van der Waals surface area contributed by atoms with Crippen molar-refractivity contribution in [1.82, 2.24) is 10.6 Å². The molecule has 400 valence electrons. The predicted octanol–water partition coefficient (Wildman–Crippen LogP) is 12.9. The second-order valence-electron chi connectivity index (χ2n) is 15.3. The number of amides is 2. The van der Waals surface area contributed by atoms with E-state index in [0.717, 1.165) is 64.6 Å². The Kier molecular flexibility index (Phi) is 56.4. The fraction of sp³-hybridized carbons (Fsp3) is 0.810. The molecule has 0 bridgehead atoms. The number of unbranched alkanes of at least 4 members (excludes halogenated alkanes) is 12. The molecule has 4 unspecified atom stereocenters. The minimum Gasteiger partial charge on any atom is -0.464 e. The molecule has 0 aromatic heterocycles. The summed E-state index contributed by atoms with van der Waals surface area (Å²) in [6.45, 7) is 18.7. The number of thioether (sulfide) groups is 1. The van der Waals surface area contributed by atoms with Gasteiger partial charge in [0.25, 0.3) is 0 Å². The molecule has 0 aliphatic carbocycles. The van der Waals surface area contributed by atoms with Gasteiger partial charge in [-0.3, -0.25) is 14.6 Å². The van der Waals surface area contributed by atoms with E-state index in [9.17, 15) is 24.0 Å². The first-order valence-electron chi connectivity index (χ1n) is 23.1. The van der Waals surface area contributed by atoms with E-state index in [1.54, 1.807) is 70.0 Å². The fourth-order valence-corrected chi connectivity index (χ4v) is 42.8. The van der Waals surface area contributed by atoms with Gasteiger partial charge in [0, 0.05) is 25.9 Å². The van der Waals surface area contributed by atoms with Crippen LogP contribution in [0.5, 0.6) is 0 Å². The monoisotopic (exact) mass is 1260 g/mol. The summed E-state index contributed by atoms with van der Waals surface area (Å²) >= 11 is 20.9. The second-order valence-corrected chi connectivity index (χ2v) is 43.6. The predicted molar refractivity (Wildman–Crippen MR) is 332 cm³/mol. The lowest BCUT2D eigenvalue weighted by Crippen LogP contribution is -2.51. The molecule has 0 radical (unpaired) electrons. The maximum absolute atomic E-state index is 11.8. The van der Waals surface area contributed by atoms with Crippen molar-refractivity contribution in [2.75, 3.05) is 19.8 Å². The molecule has 1 heterocycles. The van der Waals surface area contributed by atoms with Crippen LogP contribution in [-0.4, -0.2) is 77.7 Å². The van der Waals surface area contributed by atoms with Crippen molar-refractivity contribution >= 4 is 186 Å². The largest absolute Gasteiger partial charge is 0.464 e. The SMILES string of the molecule is CCCCCCC/C(C)=C(/NC=O)C(=O)OCC.CCCCCCCC(C)(S)C(NC=O)C(=O)OCC.CCCCCCCC1(C)SC=NC1C(=O)OCC.S=PP(P=S)P=S=S=S=S=S=S=S=S. The van der Waals surface area contributed by atoms with Crippen LogP contribution in [-0.2, 0) is 136 Å². The van der Waals surface area contributed by atoms with Crippen LogP contribution in [0.1, 0.15) is 178 Å². The Labute approximate surface area is 466 Å². The van der Waals surface area contributed by atoms with E-state index in [-0.39, 0.29) is 23.7 Å². The number of aliphatic imine (C=N–C) groups is 1. The maximum atomic E-state index is 11.8. The topological polar surface area (TPSA) is 149 Å². The zero-order chi connectivity index (χ0) is 52.6. The van der Waals surface area contributed by atoms with Gasteiger partial charge < -0.3 is 24.8 Å². The number of ether oxygens (including phenoxy) is 3. The van der Waals surface area contributed by atoms with Gasteiger partial charge in [0.05, 0.1) is 37.1 Å². The molecule has 2 amide bonds. The summed E-state index contributed by atoms with van der Waals surface area (Å²) in [5.74, 6) is -1.04. The van der Waals surface area contributed by atoms with E-state index in [0.29, 0.717) is 38.3 Å². The molecule has 0 saturated carbocycles. The molecule has 2 N–H and O–H groups in total. The molecule has 1 aliphatic rings. The lowest BCUT2D eigenvalue weighted by atomic mass is 9.93. The van der Waals surface area contributed by atoms with Crippen LogP contribution in [0.15, 0.2) is 16.3 Å². The van der Waals surface area contributed by atoms with Gasteiger partial charge >= 0.3 is 17.9 Å². The molecule has 0 saturated heterocycles. The highest BCUT2D eigenvalue weighted by molar-refractivity contribution is 8.87. The minimum atomic E-state index is -0.695. The number of hydrogen-bond donors (Lipinski definition) is 3. The van der Waals surface area contributed by atoms with Crippen LogP contribution in [0.2, 0.25) is 0 Å². The zero-order valence-electron chi connectivity index (χ0n) is 41.7. The number of nitrogens with zero attached hydrogens (tertiary/aromatic N) is 1. The first-order valence-corrected chi connectivity index (χ1v) is 43.0. The lowest BCUT2D eigenvalue weighted by molar-refractivity contribution is -0.147. The summed E-state index contributed by atoms with van der Waals surface area (Å²) in [7, 11) is 15.2. The fourth-order valence-electron chi connectivity index (χ4n) is 6.15. The molecular formula is C42H77N3O8P4S12. The van der Waals surface area contributed by atoms with Gasteiger partial charge in [-0.15, -0.1) is 11.8 Å². The Balaban J connectivity index is -0.000000847. The van der Waals surface area contributed by atoms with Gasteiger partial charge in [0.15, 0.2) is 6.04 Å². The van der Waals surface area contributed by atoms with E-state index < -0.39 is 22.7 Å². The highest BCUT2D eigenvalue weighted by atomic mass is 33.4. The van der Waals surface area contributed by atoms with Gasteiger partial charge in [0.1, 0.15) is 11.7 Å². The Bertz CT molecular complexity index is 1870. The molecule has 11 nitrogen and oxygen atoms in total. The summed E-state index contributed by atoms with van der Waals surface area (Å²) in [6, 6.07) is -1.01. The number of carbonyl (C=O) groups excluding carboxylic acids is 5. The molecule has 1 rings (SSSR count). The smallest absolute Gasteiger partial charge is 0.354 e. The van der Waals surface area contributed by atoms with E-state index >= 15 is 0 Å². The van der Waals surface area contributed by atoms with E-state index in [2.05, 4.69) is 55.9 Å².